The number of H-pyrrole nitrogens is 1. The summed E-state index contributed by atoms with van der Waals surface area (Å²) in [5.41, 5.74) is 6.85. The average molecular weight is 312 g/mol. The van der Waals surface area contributed by atoms with Crippen LogP contribution < -0.4 is 16.8 Å². The van der Waals surface area contributed by atoms with E-state index in [4.69, 9.17) is 21.8 Å². The molecule has 0 aliphatic rings. The fourth-order valence-electron chi connectivity index (χ4n) is 1.92. The monoisotopic (exact) mass is 311 g/mol. The first-order chi connectivity index (χ1) is 9.94. The van der Waals surface area contributed by atoms with E-state index in [0.717, 1.165) is 6.07 Å². The summed E-state index contributed by atoms with van der Waals surface area (Å²) in [7, 11) is 0. The number of halogens is 3. The Labute approximate surface area is 121 Å². The second-order valence-corrected chi connectivity index (χ2v) is 4.73. The van der Waals surface area contributed by atoms with Crippen LogP contribution in [0.2, 0.25) is 5.02 Å². The Morgan fingerprint density at radius 1 is 1.24 bits per heavy atom. The molecule has 1 aromatic heterocycles. The Bertz CT molecular complexity index is 881. The molecular weight excluding hydrogens is 304 g/mol. The van der Waals surface area contributed by atoms with Crippen molar-refractivity contribution in [3.63, 3.8) is 0 Å². The Morgan fingerprint density at radius 3 is 2.71 bits per heavy atom. The van der Waals surface area contributed by atoms with E-state index >= 15 is 0 Å². The van der Waals surface area contributed by atoms with Crippen molar-refractivity contribution in [2.24, 2.45) is 0 Å². The van der Waals surface area contributed by atoms with E-state index in [1.54, 1.807) is 0 Å². The molecule has 0 saturated heterocycles. The predicted molar refractivity (Wildman–Crippen MR) is 75.9 cm³/mol. The molecule has 5 nitrogen and oxygen atoms in total. The number of aromatic amines is 1. The third-order valence-corrected chi connectivity index (χ3v) is 3.16. The highest BCUT2D eigenvalue weighted by Crippen LogP contribution is 2.33. The summed E-state index contributed by atoms with van der Waals surface area (Å²) in [4.78, 5) is 13.6. The zero-order chi connectivity index (χ0) is 15.1. The molecule has 0 unspecified atom stereocenters. The first kappa shape index (κ1) is 13.4. The fraction of sp³-hybridized carbons (Fsp3) is 0. The Morgan fingerprint density at radius 2 is 2.00 bits per heavy atom. The zero-order valence-corrected chi connectivity index (χ0v) is 11.1. The van der Waals surface area contributed by atoms with Crippen molar-refractivity contribution in [3.05, 3.63) is 51.5 Å². The van der Waals surface area contributed by atoms with Crippen molar-refractivity contribution < 1.29 is 13.2 Å². The van der Waals surface area contributed by atoms with Gasteiger partial charge in [0.1, 0.15) is 5.82 Å². The average Bonchev–Trinajstić information content (AvgIpc) is 2.72. The van der Waals surface area contributed by atoms with Gasteiger partial charge in [0.25, 0.3) is 0 Å². The van der Waals surface area contributed by atoms with Crippen molar-refractivity contribution >= 4 is 39.8 Å². The SMILES string of the molecule is Nc1cc2oc(=O)[nH]c2cc1Nc1c(F)cc(F)cc1Cl. The predicted octanol–water partition coefficient (Wildman–Crippen LogP) is 3.38. The van der Waals surface area contributed by atoms with E-state index < -0.39 is 17.4 Å². The summed E-state index contributed by atoms with van der Waals surface area (Å²) in [6.45, 7) is 0. The van der Waals surface area contributed by atoms with E-state index in [1.165, 1.54) is 12.1 Å². The lowest BCUT2D eigenvalue weighted by Crippen LogP contribution is -2.00. The van der Waals surface area contributed by atoms with Gasteiger partial charge in [0.05, 0.1) is 27.6 Å². The molecule has 0 aliphatic heterocycles. The third kappa shape index (κ3) is 2.43. The molecule has 3 rings (SSSR count). The van der Waals surface area contributed by atoms with Crippen LogP contribution in [0.1, 0.15) is 0 Å². The number of anilines is 3. The van der Waals surface area contributed by atoms with Crippen molar-refractivity contribution in [2.45, 2.75) is 0 Å². The van der Waals surface area contributed by atoms with Crippen molar-refractivity contribution in [2.75, 3.05) is 11.1 Å². The molecular formula is C13H8ClF2N3O2. The second-order valence-electron chi connectivity index (χ2n) is 4.32. The molecule has 8 heteroatoms. The third-order valence-electron chi connectivity index (χ3n) is 2.86. The van der Waals surface area contributed by atoms with Gasteiger partial charge in [-0.05, 0) is 12.1 Å². The number of hydrogen-bond donors (Lipinski definition) is 3. The molecule has 1 heterocycles. The van der Waals surface area contributed by atoms with Gasteiger partial charge in [0.2, 0.25) is 0 Å². The highest BCUT2D eigenvalue weighted by atomic mass is 35.5. The van der Waals surface area contributed by atoms with Gasteiger partial charge in [0, 0.05) is 12.1 Å². The maximum absolute atomic E-state index is 13.7. The number of oxazole rings is 1. The number of aromatic nitrogens is 1. The highest BCUT2D eigenvalue weighted by Gasteiger charge is 2.13. The zero-order valence-electron chi connectivity index (χ0n) is 10.3. The normalized spacial score (nSPS) is 11.0. The van der Waals surface area contributed by atoms with Gasteiger partial charge in [-0.1, -0.05) is 11.6 Å². The molecule has 3 aromatic rings. The second kappa shape index (κ2) is 4.78. The van der Waals surface area contributed by atoms with Crippen molar-refractivity contribution in [1.29, 1.82) is 0 Å². The van der Waals surface area contributed by atoms with Crippen LogP contribution in [0.5, 0.6) is 0 Å². The van der Waals surface area contributed by atoms with Gasteiger partial charge in [0.15, 0.2) is 11.4 Å². The van der Waals surface area contributed by atoms with E-state index in [0.29, 0.717) is 17.3 Å². The van der Waals surface area contributed by atoms with Crippen molar-refractivity contribution in [3.8, 4) is 0 Å². The van der Waals surface area contributed by atoms with Crippen LogP contribution in [-0.4, -0.2) is 4.98 Å². The van der Waals surface area contributed by atoms with Gasteiger partial charge < -0.3 is 15.5 Å². The minimum absolute atomic E-state index is 0.116. The minimum Gasteiger partial charge on any atom is -0.408 e. The molecule has 4 N–H and O–H groups in total. The molecule has 0 aliphatic carbocycles. The maximum Gasteiger partial charge on any atom is 0.417 e. The van der Waals surface area contributed by atoms with Crippen LogP contribution in [0.25, 0.3) is 11.1 Å². The molecule has 108 valence electrons. The summed E-state index contributed by atoms with van der Waals surface area (Å²) >= 11 is 5.80. The van der Waals surface area contributed by atoms with Crippen LogP contribution in [0, 0.1) is 11.6 Å². The summed E-state index contributed by atoms with van der Waals surface area (Å²) in [5, 5.41) is 2.54. The van der Waals surface area contributed by atoms with Crippen LogP contribution in [0.3, 0.4) is 0 Å². The molecule has 0 amide bonds. The Balaban J connectivity index is 2.09. The van der Waals surface area contributed by atoms with Gasteiger partial charge in [-0.2, -0.15) is 0 Å². The van der Waals surface area contributed by atoms with Crippen molar-refractivity contribution in [1.82, 2.24) is 4.98 Å². The molecule has 0 fully saturated rings. The summed E-state index contributed by atoms with van der Waals surface area (Å²) in [6.07, 6.45) is 0. The summed E-state index contributed by atoms with van der Waals surface area (Å²) in [5.74, 6) is -2.28. The summed E-state index contributed by atoms with van der Waals surface area (Å²) < 4.78 is 31.6. The first-order valence-corrected chi connectivity index (χ1v) is 6.16. The molecule has 0 bridgehead atoms. The number of nitrogens with two attached hydrogens (primary N) is 1. The summed E-state index contributed by atoms with van der Waals surface area (Å²) in [6, 6.07) is 4.55. The number of nitrogen functional groups attached to an aromatic ring is 1. The van der Waals surface area contributed by atoms with Crippen LogP contribution in [0.15, 0.2) is 33.5 Å². The van der Waals surface area contributed by atoms with E-state index in [1.807, 2.05) is 0 Å². The lowest BCUT2D eigenvalue weighted by Gasteiger charge is -2.11. The van der Waals surface area contributed by atoms with Crippen LogP contribution in [-0.2, 0) is 0 Å². The topological polar surface area (TPSA) is 84.0 Å². The number of fused-ring (bicyclic) bond motifs is 1. The standard InChI is InChI=1S/C13H8ClF2N3O2/c14-6-1-5(15)2-7(16)12(6)18-9-4-10-11(3-8(9)17)21-13(20)19-10/h1-4,18H,17H2,(H,19,20). The lowest BCUT2D eigenvalue weighted by atomic mass is 10.2. The van der Waals surface area contributed by atoms with Gasteiger partial charge in [-0.15, -0.1) is 0 Å². The van der Waals surface area contributed by atoms with E-state index in [9.17, 15) is 13.6 Å². The highest BCUT2D eigenvalue weighted by molar-refractivity contribution is 6.33. The van der Waals surface area contributed by atoms with Crippen LogP contribution >= 0.6 is 11.6 Å². The van der Waals surface area contributed by atoms with Crippen LogP contribution in [0.4, 0.5) is 25.8 Å². The quantitative estimate of drug-likeness (QED) is 0.633. The maximum atomic E-state index is 13.7. The Kier molecular flexibility index (Phi) is 3.06. The number of benzene rings is 2. The minimum atomic E-state index is -0.861. The number of hydrogen-bond acceptors (Lipinski definition) is 4. The van der Waals surface area contributed by atoms with E-state index in [-0.39, 0.29) is 22.0 Å². The first-order valence-electron chi connectivity index (χ1n) is 5.78. The molecule has 0 radical (unpaired) electrons. The molecule has 0 spiro atoms. The molecule has 0 atom stereocenters. The number of nitrogens with one attached hydrogen (secondary N) is 2. The molecule has 21 heavy (non-hydrogen) atoms. The van der Waals surface area contributed by atoms with Gasteiger partial charge in [-0.25, -0.2) is 13.6 Å². The van der Waals surface area contributed by atoms with E-state index in [2.05, 4.69) is 10.3 Å². The van der Waals surface area contributed by atoms with Gasteiger partial charge in [-0.3, -0.25) is 4.98 Å². The number of rotatable bonds is 2. The fourth-order valence-corrected chi connectivity index (χ4v) is 2.16. The largest absolute Gasteiger partial charge is 0.417 e. The molecule has 2 aromatic carbocycles. The Hall–Kier alpha value is -2.54. The lowest BCUT2D eigenvalue weighted by molar-refractivity contribution is 0.555. The molecule has 0 saturated carbocycles. The smallest absolute Gasteiger partial charge is 0.408 e. The van der Waals surface area contributed by atoms with Gasteiger partial charge >= 0.3 is 5.76 Å².